The number of ether oxygens (including phenoxy) is 1. The van der Waals surface area contributed by atoms with Crippen LogP contribution >= 0.6 is 0 Å². The standard InChI is InChI=1S/C21H19NO4/c1-14(23)19-20(15-9-5-3-6-10-15)22(16-11-7-4-8-12-16)17(21(19)25)13-18(24)26-2/h3-12,25H,13H2,1-2H3. The second kappa shape index (κ2) is 7.27. The van der Waals surface area contributed by atoms with Gasteiger partial charge in [0.2, 0.25) is 0 Å². The molecule has 0 radical (unpaired) electrons. The highest BCUT2D eigenvalue weighted by Crippen LogP contribution is 2.39. The first-order valence-electron chi connectivity index (χ1n) is 8.19. The number of rotatable bonds is 5. The Balaban J connectivity index is 2.39. The molecule has 0 aliphatic rings. The number of aromatic nitrogens is 1. The summed E-state index contributed by atoms with van der Waals surface area (Å²) in [6.45, 7) is 1.40. The average molecular weight is 349 g/mol. The van der Waals surface area contributed by atoms with Gasteiger partial charge in [-0.1, -0.05) is 48.5 Å². The second-order valence-corrected chi connectivity index (χ2v) is 5.86. The van der Waals surface area contributed by atoms with Crippen molar-refractivity contribution in [2.75, 3.05) is 7.11 Å². The first-order valence-corrected chi connectivity index (χ1v) is 8.19. The van der Waals surface area contributed by atoms with Crippen LogP contribution in [0.5, 0.6) is 5.75 Å². The first kappa shape index (κ1) is 17.5. The molecular formula is C21H19NO4. The van der Waals surface area contributed by atoms with E-state index in [0.29, 0.717) is 11.4 Å². The molecule has 0 aliphatic heterocycles. The van der Waals surface area contributed by atoms with E-state index < -0.39 is 5.97 Å². The lowest BCUT2D eigenvalue weighted by Gasteiger charge is -2.14. The summed E-state index contributed by atoms with van der Waals surface area (Å²) < 4.78 is 6.52. The molecule has 2 aromatic carbocycles. The summed E-state index contributed by atoms with van der Waals surface area (Å²) in [6.07, 6.45) is -0.148. The highest BCUT2D eigenvalue weighted by molar-refractivity contribution is 6.04. The first-order chi connectivity index (χ1) is 12.5. The van der Waals surface area contributed by atoms with Gasteiger partial charge in [0, 0.05) is 5.69 Å². The second-order valence-electron chi connectivity index (χ2n) is 5.86. The van der Waals surface area contributed by atoms with E-state index in [9.17, 15) is 14.7 Å². The number of Topliss-reactive ketones (excluding diaryl/α,β-unsaturated/α-hetero) is 1. The minimum atomic E-state index is -0.496. The fraction of sp³-hybridized carbons (Fsp3) is 0.143. The van der Waals surface area contributed by atoms with Crippen LogP contribution in [0.25, 0.3) is 16.9 Å². The van der Waals surface area contributed by atoms with Gasteiger partial charge in [-0.05, 0) is 24.6 Å². The molecule has 0 fully saturated rings. The van der Waals surface area contributed by atoms with Crippen molar-refractivity contribution in [3.8, 4) is 22.7 Å². The van der Waals surface area contributed by atoms with Crippen LogP contribution < -0.4 is 0 Å². The van der Waals surface area contributed by atoms with Gasteiger partial charge in [-0.15, -0.1) is 0 Å². The summed E-state index contributed by atoms with van der Waals surface area (Å²) in [5, 5.41) is 10.8. The Kier molecular flexibility index (Phi) is 4.89. The Morgan fingerprint density at radius 3 is 2.12 bits per heavy atom. The molecule has 1 aromatic heterocycles. The molecule has 5 nitrogen and oxygen atoms in total. The van der Waals surface area contributed by atoms with Crippen LogP contribution in [0.2, 0.25) is 0 Å². The van der Waals surface area contributed by atoms with E-state index in [1.807, 2.05) is 60.7 Å². The highest BCUT2D eigenvalue weighted by atomic mass is 16.5. The normalized spacial score (nSPS) is 10.5. The number of hydrogen-bond donors (Lipinski definition) is 1. The van der Waals surface area contributed by atoms with Crippen molar-refractivity contribution in [2.24, 2.45) is 0 Å². The number of para-hydroxylation sites is 1. The number of esters is 1. The fourth-order valence-corrected chi connectivity index (χ4v) is 3.05. The van der Waals surface area contributed by atoms with Gasteiger partial charge < -0.3 is 14.4 Å². The van der Waals surface area contributed by atoms with Crippen molar-refractivity contribution in [1.29, 1.82) is 0 Å². The van der Waals surface area contributed by atoms with Crippen LogP contribution in [0.3, 0.4) is 0 Å². The molecule has 1 N–H and O–H groups in total. The number of carbonyl (C=O) groups excluding carboxylic acids is 2. The lowest BCUT2D eigenvalue weighted by atomic mass is 10.0. The molecule has 0 aliphatic carbocycles. The smallest absolute Gasteiger partial charge is 0.311 e. The van der Waals surface area contributed by atoms with Gasteiger partial charge in [-0.25, -0.2) is 0 Å². The molecule has 0 unspecified atom stereocenters. The van der Waals surface area contributed by atoms with Crippen molar-refractivity contribution in [3.63, 3.8) is 0 Å². The maximum absolute atomic E-state index is 12.3. The van der Waals surface area contributed by atoms with E-state index in [-0.39, 0.29) is 23.5 Å². The molecule has 26 heavy (non-hydrogen) atoms. The molecular weight excluding hydrogens is 330 g/mol. The Morgan fingerprint density at radius 1 is 1.00 bits per heavy atom. The summed E-state index contributed by atoms with van der Waals surface area (Å²) in [4.78, 5) is 24.2. The largest absolute Gasteiger partial charge is 0.505 e. The van der Waals surface area contributed by atoms with Crippen molar-refractivity contribution in [3.05, 3.63) is 71.9 Å². The Bertz CT molecular complexity index is 943. The van der Waals surface area contributed by atoms with Crippen molar-refractivity contribution in [2.45, 2.75) is 13.3 Å². The van der Waals surface area contributed by atoms with E-state index in [0.717, 1.165) is 11.3 Å². The van der Waals surface area contributed by atoms with Crippen LogP contribution in [-0.2, 0) is 16.0 Å². The van der Waals surface area contributed by atoms with Crippen LogP contribution in [0.4, 0.5) is 0 Å². The van der Waals surface area contributed by atoms with E-state index in [1.54, 1.807) is 4.57 Å². The lowest BCUT2D eigenvalue weighted by Crippen LogP contribution is -2.10. The van der Waals surface area contributed by atoms with Gasteiger partial charge in [-0.3, -0.25) is 9.59 Å². The number of benzene rings is 2. The predicted octanol–water partition coefficient (Wildman–Crippen LogP) is 3.77. The zero-order valence-electron chi connectivity index (χ0n) is 14.6. The molecule has 0 spiro atoms. The molecule has 1 heterocycles. The minimum Gasteiger partial charge on any atom is -0.505 e. The molecule has 0 saturated carbocycles. The molecule has 3 aromatic rings. The Morgan fingerprint density at radius 2 is 1.58 bits per heavy atom. The highest BCUT2D eigenvalue weighted by Gasteiger charge is 2.28. The predicted molar refractivity (Wildman–Crippen MR) is 98.6 cm³/mol. The van der Waals surface area contributed by atoms with Crippen LogP contribution in [-0.4, -0.2) is 28.5 Å². The third-order valence-corrected chi connectivity index (χ3v) is 4.19. The van der Waals surface area contributed by atoms with Gasteiger partial charge in [0.05, 0.1) is 30.5 Å². The maximum Gasteiger partial charge on any atom is 0.311 e. The van der Waals surface area contributed by atoms with Crippen molar-refractivity contribution < 1.29 is 19.4 Å². The SMILES string of the molecule is COC(=O)Cc1c(O)c(C(C)=O)c(-c2ccccc2)n1-c1ccccc1. The Labute approximate surface area is 151 Å². The summed E-state index contributed by atoms with van der Waals surface area (Å²) >= 11 is 0. The zero-order valence-corrected chi connectivity index (χ0v) is 14.6. The van der Waals surface area contributed by atoms with E-state index in [1.165, 1.54) is 14.0 Å². The number of ketones is 1. The maximum atomic E-state index is 12.3. The number of carbonyl (C=O) groups is 2. The minimum absolute atomic E-state index is 0.148. The molecule has 0 atom stereocenters. The van der Waals surface area contributed by atoms with E-state index in [4.69, 9.17) is 4.74 Å². The van der Waals surface area contributed by atoms with Crippen LogP contribution in [0.15, 0.2) is 60.7 Å². The number of aromatic hydroxyl groups is 1. The number of hydrogen-bond acceptors (Lipinski definition) is 4. The Hall–Kier alpha value is -3.34. The van der Waals surface area contributed by atoms with Crippen LogP contribution in [0, 0.1) is 0 Å². The van der Waals surface area contributed by atoms with E-state index in [2.05, 4.69) is 0 Å². The summed E-state index contributed by atoms with van der Waals surface area (Å²) in [5.74, 6) is -0.961. The van der Waals surface area contributed by atoms with Gasteiger partial charge in [-0.2, -0.15) is 0 Å². The third-order valence-electron chi connectivity index (χ3n) is 4.19. The van der Waals surface area contributed by atoms with Gasteiger partial charge in [0.1, 0.15) is 5.75 Å². The quantitative estimate of drug-likeness (QED) is 0.562. The topological polar surface area (TPSA) is 68.5 Å². The number of methoxy groups -OCH3 is 1. The monoisotopic (exact) mass is 349 g/mol. The third kappa shape index (κ3) is 3.11. The lowest BCUT2D eigenvalue weighted by molar-refractivity contribution is -0.139. The van der Waals surface area contributed by atoms with Gasteiger partial charge in [0.15, 0.2) is 5.78 Å². The fourth-order valence-electron chi connectivity index (χ4n) is 3.05. The molecule has 0 bridgehead atoms. The number of nitrogens with zero attached hydrogens (tertiary/aromatic N) is 1. The zero-order chi connectivity index (χ0) is 18.7. The average Bonchev–Trinajstić information content (AvgIpc) is 2.95. The van der Waals surface area contributed by atoms with Crippen LogP contribution in [0.1, 0.15) is 23.0 Å². The summed E-state index contributed by atoms with van der Waals surface area (Å²) in [7, 11) is 1.29. The van der Waals surface area contributed by atoms with Crippen molar-refractivity contribution in [1.82, 2.24) is 4.57 Å². The molecule has 132 valence electrons. The molecule has 5 heteroatoms. The molecule has 0 amide bonds. The molecule has 0 saturated heterocycles. The molecule has 3 rings (SSSR count). The van der Waals surface area contributed by atoms with Gasteiger partial charge in [0.25, 0.3) is 0 Å². The van der Waals surface area contributed by atoms with Crippen molar-refractivity contribution >= 4 is 11.8 Å². The van der Waals surface area contributed by atoms with Gasteiger partial charge >= 0.3 is 5.97 Å². The van der Waals surface area contributed by atoms with E-state index >= 15 is 0 Å². The summed E-state index contributed by atoms with van der Waals surface area (Å²) in [5.41, 5.74) is 2.59. The summed E-state index contributed by atoms with van der Waals surface area (Å²) in [6, 6.07) is 18.6.